The molecule has 0 bridgehead atoms. The number of benzene rings is 1. The summed E-state index contributed by atoms with van der Waals surface area (Å²) < 4.78 is 0. The Morgan fingerprint density at radius 2 is 1.82 bits per heavy atom. The molecule has 1 aromatic carbocycles. The van der Waals surface area contributed by atoms with E-state index in [1.54, 1.807) is 0 Å². The van der Waals surface area contributed by atoms with Crippen molar-refractivity contribution in [3.05, 3.63) is 46.4 Å². The Balaban J connectivity index is 2.40. The summed E-state index contributed by atoms with van der Waals surface area (Å²) in [6.07, 6.45) is 0. The van der Waals surface area contributed by atoms with Crippen molar-refractivity contribution < 1.29 is 0 Å². The smallest absolute Gasteiger partial charge is 0.275 e. The Morgan fingerprint density at radius 1 is 1.06 bits per heavy atom. The van der Waals surface area contributed by atoms with E-state index in [0.717, 1.165) is 11.3 Å². The molecule has 0 amide bonds. The van der Waals surface area contributed by atoms with E-state index in [4.69, 9.17) is 0 Å². The van der Waals surface area contributed by atoms with E-state index < -0.39 is 0 Å². The minimum atomic E-state index is -0.224. The van der Waals surface area contributed by atoms with Crippen LogP contribution >= 0.6 is 0 Å². The predicted octanol–water partition coefficient (Wildman–Crippen LogP) is 1.62. The maximum Gasteiger partial charge on any atom is 0.275 e. The molecule has 17 heavy (non-hydrogen) atoms. The van der Waals surface area contributed by atoms with E-state index in [-0.39, 0.29) is 5.56 Å². The number of hydrogen-bond donors (Lipinski definition) is 2. The summed E-state index contributed by atoms with van der Waals surface area (Å²) in [6.45, 7) is 1.82. The lowest BCUT2D eigenvalue weighted by Crippen LogP contribution is -2.09. The van der Waals surface area contributed by atoms with Crippen LogP contribution in [0.25, 0.3) is 22.2 Å². The molecule has 0 spiro atoms. The number of fused-ring (bicyclic) bond motifs is 1. The van der Waals surface area contributed by atoms with Gasteiger partial charge in [0.1, 0.15) is 5.69 Å². The Bertz CT molecular complexity index is 727. The third kappa shape index (κ3) is 1.44. The van der Waals surface area contributed by atoms with Gasteiger partial charge in [0.15, 0.2) is 0 Å². The molecular formula is C12H10N4O. The molecule has 84 valence electrons. The van der Waals surface area contributed by atoms with Gasteiger partial charge in [0.05, 0.1) is 16.6 Å². The van der Waals surface area contributed by atoms with Crippen LogP contribution < -0.4 is 5.56 Å². The first kappa shape index (κ1) is 9.77. The van der Waals surface area contributed by atoms with Crippen LogP contribution in [0, 0.1) is 6.92 Å². The summed E-state index contributed by atoms with van der Waals surface area (Å²) in [5.74, 6) is 0. The van der Waals surface area contributed by atoms with Crippen LogP contribution in [0.3, 0.4) is 0 Å². The Morgan fingerprint density at radius 3 is 2.59 bits per heavy atom. The number of rotatable bonds is 1. The predicted molar refractivity (Wildman–Crippen MR) is 64.7 cm³/mol. The summed E-state index contributed by atoms with van der Waals surface area (Å²) in [5, 5.41) is 14.0. The Hall–Kier alpha value is -2.43. The van der Waals surface area contributed by atoms with E-state index in [0.29, 0.717) is 16.6 Å². The van der Waals surface area contributed by atoms with Crippen LogP contribution in [0.4, 0.5) is 0 Å². The number of aromatic nitrogens is 4. The SMILES string of the molecule is Cc1n[nH]c(=O)c2c(-c3ccccc3)n[nH]c12. The molecule has 5 nitrogen and oxygen atoms in total. The molecule has 2 N–H and O–H groups in total. The minimum absolute atomic E-state index is 0.224. The third-order valence-corrected chi connectivity index (χ3v) is 2.73. The van der Waals surface area contributed by atoms with Crippen molar-refractivity contribution in [2.45, 2.75) is 6.92 Å². The zero-order chi connectivity index (χ0) is 11.8. The van der Waals surface area contributed by atoms with Gasteiger partial charge >= 0.3 is 0 Å². The molecule has 3 aromatic rings. The molecule has 0 aliphatic carbocycles. The molecule has 2 heterocycles. The molecule has 0 fully saturated rings. The van der Waals surface area contributed by atoms with Gasteiger partial charge in [-0.15, -0.1) is 0 Å². The van der Waals surface area contributed by atoms with Gasteiger partial charge in [-0.2, -0.15) is 10.2 Å². The fourth-order valence-electron chi connectivity index (χ4n) is 1.88. The van der Waals surface area contributed by atoms with Gasteiger partial charge in [-0.05, 0) is 6.92 Å². The number of aromatic amines is 2. The normalized spacial score (nSPS) is 10.9. The van der Waals surface area contributed by atoms with Crippen LogP contribution in [0.1, 0.15) is 5.69 Å². The van der Waals surface area contributed by atoms with Gasteiger partial charge in [-0.25, -0.2) is 5.10 Å². The molecule has 0 atom stereocenters. The largest absolute Gasteiger partial charge is 0.275 e. The first-order valence-electron chi connectivity index (χ1n) is 5.26. The van der Waals surface area contributed by atoms with Crippen LogP contribution in [-0.4, -0.2) is 20.4 Å². The highest BCUT2D eigenvalue weighted by Crippen LogP contribution is 2.23. The number of nitrogens with one attached hydrogen (secondary N) is 2. The maximum atomic E-state index is 11.8. The average Bonchev–Trinajstić information content (AvgIpc) is 2.81. The first-order chi connectivity index (χ1) is 8.27. The van der Waals surface area contributed by atoms with Crippen molar-refractivity contribution in [2.24, 2.45) is 0 Å². The van der Waals surface area contributed by atoms with E-state index in [9.17, 15) is 4.79 Å². The zero-order valence-corrected chi connectivity index (χ0v) is 9.19. The van der Waals surface area contributed by atoms with Crippen molar-refractivity contribution in [2.75, 3.05) is 0 Å². The lowest BCUT2D eigenvalue weighted by atomic mass is 10.1. The van der Waals surface area contributed by atoms with E-state index in [1.807, 2.05) is 37.3 Å². The van der Waals surface area contributed by atoms with Crippen molar-refractivity contribution in [3.63, 3.8) is 0 Å². The quantitative estimate of drug-likeness (QED) is 0.662. The molecule has 0 saturated carbocycles. The second-order valence-electron chi connectivity index (χ2n) is 3.83. The van der Waals surface area contributed by atoms with E-state index in [1.165, 1.54) is 0 Å². The summed E-state index contributed by atoms with van der Waals surface area (Å²) in [4.78, 5) is 11.8. The summed E-state index contributed by atoms with van der Waals surface area (Å²) in [6, 6.07) is 9.60. The van der Waals surface area contributed by atoms with Crippen LogP contribution in [0.15, 0.2) is 35.1 Å². The first-order valence-corrected chi connectivity index (χ1v) is 5.26. The summed E-state index contributed by atoms with van der Waals surface area (Å²) >= 11 is 0. The number of H-pyrrole nitrogens is 2. The van der Waals surface area contributed by atoms with Gasteiger partial charge < -0.3 is 0 Å². The second kappa shape index (κ2) is 3.55. The lowest BCUT2D eigenvalue weighted by Gasteiger charge is -1.96. The van der Waals surface area contributed by atoms with Gasteiger partial charge in [0, 0.05) is 5.56 Å². The van der Waals surface area contributed by atoms with E-state index in [2.05, 4.69) is 20.4 Å². The number of hydrogen-bond acceptors (Lipinski definition) is 3. The highest BCUT2D eigenvalue weighted by molar-refractivity contribution is 5.92. The second-order valence-corrected chi connectivity index (χ2v) is 3.83. The van der Waals surface area contributed by atoms with Gasteiger partial charge in [0.2, 0.25) is 0 Å². The molecule has 5 heteroatoms. The molecule has 3 rings (SSSR count). The Labute approximate surface area is 96.5 Å². The van der Waals surface area contributed by atoms with Crippen molar-refractivity contribution in [3.8, 4) is 11.3 Å². The summed E-state index contributed by atoms with van der Waals surface area (Å²) in [7, 11) is 0. The lowest BCUT2D eigenvalue weighted by molar-refractivity contribution is 0.964. The van der Waals surface area contributed by atoms with Crippen LogP contribution in [-0.2, 0) is 0 Å². The maximum absolute atomic E-state index is 11.8. The number of nitrogens with zero attached hydrogens (tertiary/aromatic N) is 2. The molecule has 0 radical (unpaired) electrons. The van der Waals surface area contributed by atoms with Crippen molar-refractivity contribution in [1.29, 1.82) is 0 Å². The number of aryl methyl sites for hydroxylation is 1. The average molecular weight is 226 g/mol. The van der Waals surface area contributed by atoms with Crippen molar-refractivity contribution in [1.82, 2.24) is 20.4 Å². The van der Waals surface area contributed by atoms with Crippen LogP contribution in [0.2, 0.25) is 0 Å². The topological polar surface area (TPSA) is 74.4 Å². The molecule has 0 aliphatic rings. The Kier molecular flexibility index (Phi) is 2.04. The molecule has 2 aromatic heterocycles. The fraction of sp³-hybridized carbons (Fsp3) is 0.0833. The van der Waals surface area contributed by atoms with Gasteiger partial charge in [0.25, 0.3) is 5.56 Å². The molecule has 0 aliphatic heterocycles. The molecular weight excluding hydrogens is 216 g/mol. The third-order valence-electron chi connectivity index (χ3n) is 2.73. The standard InChI is InChI=1S/C12H10N4O/c1-7-10-9(12(17)16-13-7)11(15-14-10)8-5-3-2-4-6-8/h2-6H,1H3,(H,14,15)(H,16,17). The zero-order valence-electron chi connectivity index (χ0n) is 9.19. The highest BCUT2D eigenvalue weighted by Gasteiger charge is 2.13. The minimum Gasteiger partial charge on any atom is -0.275 e. The fourth-order valence-corrected chi connectivity index (χ4v) is 1.88. The van der Waals surface area contributed by atoms with Gasteiger partial charge in [-0.3, -0.25) is 9.89 Å². The summed E-state index contributed by atoms with van der Waals surface area (Å²) in [5.41, 5.74) is 2.77. The monoisotopic (exact) mass is 226 g/mol. The molecule has 0 saturated heterocycles. The van der Waals surface area contributed by atoms with Gasteiger partial charge in [-0.1, -0.05) is 30.3 Å². The highest BCUT2D eigenvalue weighted by atomic mass is 16.1. The van der Waals surface area contributed by atoms with Crippen molar-refractivity contribution >= 4 is 10.9 Å². The van der Waals surface area contributed by atoms with E-state index >= 15 is 0 Å². The van der Waals surface area contributed by atoms with Crippen LogP contribution in [0.5, 0.6) is 0 Å². The molecule has 0 unspecified atom stereocenters.